The van der Waals surface area contributed by atoms with E-state index in [1.807, 2.05) is 6.92 Å². The third-order valence-electron chi connectivity index (χ3n) is 3.16. The molecule has 21 heavy (non-hydrogen) atoms. The van der Waals surface area contributed by atoms with Gasteiger partial charge in [0.2, 0.25) is 0 Å². The number of nitrogens with two attached hydrogens (primary N) is 1. The van der Waals surface area contributed by atoms with Crippen LogP contribution >= 0.6 is 23.2 Å². The quantitative estimate of drug-likeness (QED) is 0.875. The van der Waals surface area contributed by atoms with Gasteiger partial charge in [0.25, 0.3) is 0 Å². The number of tetrazole rings is 1. The monoisotopic (exact) mass is 327 g/mol. The summed E-state index contributed by atoms with van der Waals surface area (Å²) >= 11 is 12.3. The number of nitrogens with zero attached hydrogens (tertiary/aromatic N) is 4. The molecule has 0 saturated heterocycles. The van der Waals surface area contributed by atoms with Crippen LogP contribution in [0.3, 0.4) is 0 Å². The Hall–Kier alpha value is -1.50. The van der Waals surface area contributed by atoms with Crippen LogP contribution < -0.4 is 5.73 Å². The van der Waals surface area contributed by atoms with E-state index in [-0.39, 0.29) is 12.3 Å². The molecule has 0 bridgehead atoms. The second kappa shape index (κ2) is 6.98. The molecule has 1 unspecified atom stereocenters. The Morgan fingerprint density at radius 3 is 2.67 bits per heavy atom. The van der Waals surface area contributed by atoms with Gasteiger partial charge in [-0.2, -0.15) is 0 Å². The molecule has 0 aliphatic carbocycles. The second-order valence-electron chi connectivity index (χ2n) is 4.61. The summed E-state index contributed by atoms with van der Waals surface area (Å²) in [4.78, 5) is 11.9. The first-order chi connectivity index (χ1) is 10.0. The molecule has 2 N–H and O–H groups in total. The molecule has 0 spiro atoms. The van der Waals surface area contributed by atoms with Crippen LogP contribution in [0.25, 0.3) is 0 Å². The third-order valence-corrected chi connectivity index (χ3v) is 3.87. The van der Waals surface area contributed by atoms with Gasteiger partial charge in [-0.05, 0) is 34.5 Å². The normalized spacial score (nSPS) is 12.4. The van der Waals surface area contributed by atoms with Crippen LogP contribution in [0.15, 0.2) is 18.2 Å². The summed E-state index contributed by atoms with van der Waals surface area (Å²) < 4.78 is 1.43. The van der Waals surface area contributed by atoms with Crippen molar-refractivity contribution in [1.82, 2.24) is 20.2 Å². The Kier molecular flexibility index (Phi) is 5.27. The van der Waals surface area contributed by atoms with E-state index >= 15 is 0 Å². The number of Topliss-reactive ketones (excluding diaryl/α,β-unsaturated/α-hetero) is 1. The Morgan fingerprint density at radius 2 is 2.05 bits per heavy atom. The maximum absolute atomic E-state index is 11.9. The molecule has 1 heterocycles. The molecule has 8 heteroatoms. The summed E-state index contributed by atoms with van der Waals surface area (Å²) in [6, 6.07) is 4.75. The minimum absolute atomic E-state index is 0.0411. The zero-order valence-electron chi connectivity index (χ0n) is 11.5. The highest BCUT2D eigenvalue weighted by atomic mass is 35.5. The van der Waals surface area contributed by atoms with Gasteiger partial charge in [-0.1, -0.05) is 36.2 Å². The van der Waals surface area contributed by atoms with Gasteiger partial charge in [-0.15, -0.1) is 5.10 Å². The van der Waals surface area contributed by atoms with Crippen LogP contribution in [0.5, 0.6) is 0 Å². The summed E-state index contributed by atoms with van der Waals surface area (Å²) in [6.45, 7) is 1.89. The Morgan fingerprint density at radius 1 is 1.38 bits per heavy atom. The van der Waals surface area contributed by atoms with E-state index in [0.717, 1.165) is 5.56 Å². The summed E-state index contributed by atoms with van der Waals surface area (Å²) in [5.74, 6) is 0.401. The topological polar surface area (TPSA) is 86.7 Å². The summed E-state index contributed by atoms with van der Waals surface area (Å²) in [5, 5.41) is 12.4. The van der Waals surface area contributed by atoms with E-state index in [1.165, 1.54) is 4.68 Å². The predicted octanol–water partition coefficient (Wildman–Crippen LogP) is 1.88. The maximum Gasteiger partial charge on any atom is 0.171 e. The fourth-order valence-corrected chi connectivity index (χ4v) is 2.36. The average Bonchev–Trinajstić information content (AvgIpc) is 2.89. The van der Waals surface area contributed by atoms with Crippen molar-refractivity contribution in [3.8, 4) is 0 Å². The van der Waals surface area contributed by atoms with Crippen molar-refractivity contribution in [1.29, 1.82) is 0 Å². The van der Waals surface area contributed by atoms with Crippen LogP contribution in [-0.4, -0.2) is 32.0 Å². The van der Waals surface area contributed by atoms with Crippen molar-refractivity contribution in [2.45, 2.75) is 32.4 Å². The second-order valence-corrected chi connectivity index (χ2v) is 5.43. The SMILES string of the molecule is CCC(N)C(=O)Cn1nnnc1Cc1c(Cl)cccc1Cl. The van der Waals surface area contributed by atoms with E-state index in [0.29, 0.717) is 28.7 Å². The van der Waals surface area contributed by atoms with Gasteiger partial charge in [-0.25, -0.2) is 4.68 Å². The average molecular weight is 328 g/mol. The molecule has 2 aromatic rings. The molecule has 2 rings (SSSR count). The van der Waals surface area contributed by atoms with Crippen molar-refractivity contribution >= 4 is 29.0 Å². The van der Waals surface area contributed by atoms with E-state index < -0.39 is 6.04 Å². The molecule has 0 radical (unpaired) electrons. The summed E-state index contributed by atoms with van der Waals surface area (Å²) in [6.07, 6.45) is 0.923. The van der Waals surface area contributed by atoms with E-state index in [1.54, 1.807) is 18.2 Å². The van der Waals surface area contributed by atoms with Gasteiger partial charge >= 0.3 is 0 Å². The zero-order chi connectivity index (χ0) is 15.4. The zero-order valence-corrected chi connectivity index (χ0v) is 13.0. The van der Waals surface area contributed by atoms with Crippen LogP contribution in [0.1, 0.15) is 24.7 Å². The Balaban J connectivity index is 2.19. The van der Waals surface area contributed by atoms with E-state index in [2.05, 4.69) is 15.5 Å². The van der Waals surface area contributed by atoms with Gasteiger partial charge in [0.15, 0.2) is 11.6 Å². The number of carbonyl (C=O) groups excluding carboxylic acids is 1. The standard InChI is InChI=1S/C13H15Cl2N5O/c1-2-11(16)12(21)7-20-13(17-18-19-20)6-8-9(14)4-3-5-10(8)15/h3-5,11H,2,6-7,16H2,1H3. The maximum atomic E-state index is 11.9. The fraction of sp³-hybridized carbons (Fsp3) is 0.385. The minimum Gasteiger partial charge on any atom is -0.321 e. The number of hydrogen-bond donors (Lipinski definition) is 1. The molecule has 0 amide bonds. The van der Waals surface area contributed by atoms with Gasteiger partial charge < -0.3 is 5.73 Å². The molecule has 0 aliphatic rings. The number of rotatable bonds is 6. The van der Waals surface area contributed by atoms with Crippen molar-refractivity contribution in [3.05, 3.63) is 39.6 Å². The van der Waals surface area contributed by atoms with Crippen molar-refractivity contribution < 1.29 is 4.79 Å². The number of halogens is 2. The van der Waals surface area contributed by atoms with Gasteiger partial charge in [0.1, 0.15) is 6.54 Å². The molecular weight excluding hydrogens is 313 g/mol. The van der Waals surface area contributed by atoms with Crippen LogP contribution in [-0.2, 0) is 17.8 Å². The van der Waals surface area contributed by atoms with Gasteiger partial charge in [0, 0.05) is 16.5 Å². The number of carbonyl (C=O) groups is 1. The minimum atomic E-state index is -0.508. The molecule has 112 valence electrons. The largest absolute Gasteiger partial charge is 0.321 e. The lowest BCUT2D eigenvalue weighted by atomic mass is 10.1. The molecule has 6 nitrogen and oxygen atoms in total. The first-order valence-corrected chi connectivity index (χ1v) is 7.24. The highest BCUT2D eigenvalue weighted by Crippen LogP contribution is 2.26. The summed E-state index contributed by atoms with van der Waals surface area (Å²) in [5.41, 5.74) is 6.44. The first kappa shape index (κ1) is 15.9. The lowest BCUT2D eigenvalue weighted by molar-refractivity contribution is -0.121. The highest BCUT2D eigenvalue weighted by molar-refractivity contribution is 6.36. The van der Waals surface area contributed by atoms with E-state index in [4.69, 9.17) is 28.9 Å². The molecule has 1 atom stereocenters. The number of benzene rings is 1. The van der Waals surface area contributed by atoms with Gasteiger partial charge in [0.05, 0.1) is 6.04 Å². The number of aromatic nitrogens is 4. The molecule has 0 fully saturated rings. The molecule has 1 aromatic carbocycles. The van der Waals surface area contributed by atoms with Crippen molar-refractivity contribution in [3.63, 3.8) is 0 Å². The van der Waals surface area contributed by atoms with Gasteiger partial charge in [-0.3, -0.25) is 4.79 Å². The summed E-state index contributed by atoms with van der Waals surface area (Å²) in [7, 11) is 0. The number of ketones is 1. The predicted molar refractivity (Wildman–Crippen MR) is 80.4 cm³/mol. The Labute approximate surface area is 132 Å². The van der Waals surface area contributed by atoms with Crippen LogP contribution in [0.2, 0.25) is 10.0 Å². The highest BCUT2D eigenvalue weighted by Gasteiger charge is 2.17. The van der Waals surface area contributed by atoms with Crippen molar-refractivity contribution in [2.24, 2.45) is 5.73 Å². The molecule has 1 aromatic heterocycles. The van der Waals surface area contributed by atoms with Crippen molar-refractivity contribution in [2.75, 3.05) is 0 Å². The lowest BCUT2D eigenvalue weighted by Crippen LogP contribution is -2.33. The lowest BCUT2D eigenvalue weighted by Gasteiger charge is -2.09. The number of hydrogen-bond acceptors (Lipinski definition) is 5. The molecule has 0 saturated carbocycles. The molecular formula is C13H15Cl2N5O. The first-order valence-electron chi connectivity index (χ1n) is 6.49. The molecule has 0 aliphatic heterocycles. The van der Waals surface area contributed by atoms with Crippen LogP contribution in [0.4, 0.5) is 0 Å². The Bertz CT molecular complexity index is 623. The third kappa shape index (κ3) is 3.78. The van der Waals surface area contributed by atoms with Crippen LogP contribution in [0, 0.1) is 0 Å². The van der Waals surface area contributed by atoms with E-state index in [9.17, 15) is 4.79 Å². The fourth-order valence-electron chi connectivity index (χ4n) is 1.82. The smallest absolute Gasteiger partial charge is 0.171 e.